The molecular weight excluding hydrogens is 266 g/mol. The lowest BCUT2D eigenvalue weighted by molar-refractivity contribution is -0.131. The predicted molar refractivity (Wildman–Crippen MR) is 73.0 cm³/mol. The lowest BCUT2D eigenvalue weighted by Crippen LogP contribution is -2.42. The number of aromatic nitrogens is 1. The molecule has 0 aromatic carbocycles. The number of hydrogen-bond acceptors (Lipinski definition) is 5. The van der Waals surface area contributed by atoms with Gasteiger partial charge in [0.15, 0.2) is 0 Å². The van der Waals surface area contributed by atoms with E-state index >= 15 is 0 Å². The summed E-state index contributed by atoms with van der Waals surface area (Å²) in [6.07, 6.45) is 4.59. The Labute approximate surface area is 113 Å². The number of rotatable bonds is 6. The van der Waals surface area contributed by atoms with E-state index in [0.717, 1.165) is 11.8 Å². The molecule has 2 N–H and O–H groups in total. The predicted octanol–water partition coefficient (Wildman–Crippen LogP) is -0.198. The Balaban J connectivity index is 2.52. The Morgan fingerprint density at radius 1 is 1.53 bits per heavy atom. The molecule has 0 bridgehead atoms. The Morgan fingerprint density at radius 3 is 2.74 bits per heavy atom. The van der Waals surface area contributed by atoms with E-state index in [1.165, 1.54) is 4.90 Å². The summed E-state index contributed by atoms with van der Waals surface area (Å²) in [7, 11) is -1.46. The second-order valence-electron chi connectivity index (χ2n) is 4.58. The smallest absolute Gasteiger partial charge is 0.239 e. The first-order valence-corrected chi connectivity index (χ1v) is 7.93. The van der Waals surface area contributed by atoms with Crippen molar-refractivity contribution in [2.45, 2.75) is 19.0 Å². The van der Waals surface area contributed by atoms with E-state index in [2.05, 4.69) is 4.98 Å². The van der Waals surface area contributed by atoms with Crippen molar-refractivity contribution in [2.24, 2.45) is 5.73 Å². The number of hydrogen-bond donors (Lipinski definition) is 1. The summed E-state index contributed by atoms with van der Waals surface area (Å²) in [6.45, 7) is 0.402. The van der Waals surface area contributed by atoms with Crippen LogP contribution in [0, 0.1) is 0 Å². The van der Waals surface area contributed by atoms with Crippen LogP contribution in [0.1, 0.15) is 12.0 Å². The monoisotopic (exact) mass is 285 g/mol. The summed E-state index contributed by atoms with van der Waals surface area (Å²) in [6, 6.07) is 2.85. The summed E-state index contributed by atoms with van der Waals surface area (Å²) in [5.41, 5.74) is 6.60. The van der Waals surface area contributed by atoms with Crippen LogP contribution >= 0.6 is 0 Å². The molecule has 1 heterocycles. The standard InChI is InChI=1S/C12H19N3O3S/c1-15(9-10-4-3-6-14-8-10)12(16)11(13)5-7-19(2,17)18/h3-4,6,8,11H,5,7,9,13H2,1-2H3/t11-/m1/s1. The third-order valence-corrected chi connectivity index (χ3v) is 3.61. The van der Waals surface area contributed by atoms with Gasteiger partial charge in [-0.1, -0.05) is 6.07 Å². The first-order valence-electron chi connectivity index (χ1n) is 5.87. The van der Waals surface area contributed by atoms with Gasteiger partial charge in [0.25, 0.3) is 0 Å². The highest BCUT2D eigenvalue weighted by Gasteiger charge is 2.19. The van der Waals surface area contributed by atoms with Gasteiger partial charge in [-0.15, -0.1) is 0 Å². The molecule has 1 atom stereocenters. The zero-order chi connectivity index (χ0) is 14.5. The first-order chi connectivity index (χ1) is 8.79. The largest absolute Gasteiger partial charge is 0.340 e. The number of nitrogens with zero attached hydrogens (tertiary/aromatic N) is 2. The Morgan fingerprint density at radius 2 is 2.21 bits per heavy atom. The van der Waals surface area contributed by atoms with Gasteiger partial charge in [0, 0.05) is 32.2 Å². The zero-order valence-electron chi connectivity index (χ0n) is 11.1. The summed E-state index contributed by atoms with van der Waals surface area (Å²) < 4.78 is 22.1. The normalized spacial score (nSPS) is 13.0. The highest BCUT2D eigenvalue weighted by molar-refractivity contribution is 7.90. The average Bonchev–Trinajstić information content (AvgIpc) is 2.35. The molecule has 0 saturated carbocycles. The van der Waals surface area contributed by atoms with Crippen LogP contribution in [0.25, 0.3) is 0 Å². The topological polar surface area (TPSA) is 93.4 Å². The van der Waals surface area contributed by atoms with Crippen molar-refractivity contribution < 1.29 is 13.2 Å². The number of likely N-dealkylation sites (N-methyl/N-ethyl adjacent to an activating group) is 1. The number of carbonyl (C=O) groups is 1. The molecule has 1 aromatic rings. The lowest BCUT2D eigenvalue weighted by atomic mass is 10.2. The molecule has 7 heteroatoms. The molecular formula is C12H19N3O3S. The van der Waals surface area contributed by atoms with Crippen LogP contribution in [-0.4, -0.2) is 49.3 Å². The van der Waals surface area contributed by atoms with Crippen molar-refractivity contribution in [3.63, 3.8) is 0 Å². The Bertz CT molecular complexity index is 516. The average molecular weight is 285 g/mol. The van der Waals surface area contributed by atoms with Crippen LogP contribution < -0.4 is 5.73 Å². The second kappa shape index (κ2) is 6.63. The van der Waals surface area contributed by atoms with Crippen molar-refractivity contribution in [3.8, 4) is 0 Å². The number of nitrogens with two attached hydrogens (primary N) is 1. The summed E-state index contributed by atoms with van der Waals surface area (Å²) in [5, 5.41) is 0. The minimum absolute atomic E-state index is 0.0827. The van der Waals surface area contributed by atoms with Crippen LogP contribution in [0.2, 0.25) is 0 Å². The molecule has 0 saturated heterocycles. The summed E-state index contributed by atoms with van der Waals surface area (Å²) in [5.74, 6) is -0.354. The molecule has 1 rings (SSSR count). The highest BCUT2D eigenvalue weighted by atomic mass is 32.2. The van der Waals surface area contributed by atoms with E-state index in [-0.39, 0.29) is 18.1 Å². The molecule has 19 heavy (non-hydrogen) atoms. The molecule has 0 aliphatic heterocycles. The van der Waals surface area contributed by atoms with E-state index in [4.69, 9.17) is 5.73 Å². The maximum atomic E-state index is 11.9. The van der Waals surface area contributed by atoms with Gasteiger partial charge in [-0.2, -0.15) is 0 Å². The van der Waals surface area contributed by atoms with Gasteiger partial charge in [0.05, 0.1) is 11.8 Å². The first kappa shape index (κ1) is 15.6. The van der Waals surface area contributed by atoms with E-state index in [9.17, 15) is 13.2 Å². The van der Waals surface area contributed by atoms with Gasteiger partial charge < -0.3 is 10.6 Å². The minimum atomic E-state index is -3.10. The van der Waals surface area contributed by atoms with Crippen LogP contribution in [0.3, 0.4) is 0 Å². The van der Waals surface area contributed by atoms with Crippen molar-refractivity contribution in [3.05, 3.63) is 30.1 Å². The Hall–Kier alpha value is -1.47. The number of sulfone groups is 1. The molecule has 1 amide bonds. The third-order valence-electron chi connectivity index (χ3n) is 2.64. The lowest BCUT2D eigenvalue weighted by Gasteiger charge is -2.21. The van der Waals surface area contributed by atoms with E-state index in [1.54, 1.807) is 25.5 Å². The number of pyridine rings is 1. The molecule has 6 nitrogen and oxygen atoms in total. The van der Waals surface area contributed by atoms with Crippen LogP contribution in [0.5, 0.6) is 0 Å². The number of amides is 1. The van der Waals surface area contributed by atoms with E-state index in [1.807, 2.05) is 6.07 Å². The van der Waals surface area contributed by atoms with Crippen molar-refractivity contribution >= 4 is 15.7 Å². The summed E-state index contributed by atoms with van der Waals surface area (Å²) >= 11 is 0. The van der Waals surface area contributed by atoms with Gasteiger partial charge in [-0.3, -0.25) is 9.78 Å². The maximum absolute atomic E-state index is 11.9. The Kier molecular flexibility index (Phi) is 5.44. The van der Waals surface area contributed by atoms with E-state index < -0.39 is 15.9 Å². The SMILES string of the molecule is CN(Cc1cccnc1)C(=O)[C@H](N)CCS(C)(=O)=O. The molecule has 0 aliphatic carbocycles. The fraction of sp³-hybridized carbons (Fsp3) is 0.500. The maximum Gasteiger partial charge on any atom is 0.239 e. The van der Waals surface area contributed by atoms with Gasteiger partial charge in [0.2, 0.25) is 5.91 Å². The molecule has 0 aliphatic rings. The van der Waals surface area contributed by atoms with Crippen molar-refractivity contribution in [2.75, 3.05) is 19.1 Å². The zero-order valence-corrected chi connectivity index (χ0v) is 11.9. The van der Waals surface area contributed by atoms with E-state index in [0.29, 0.717) is 6.54 Å². The van der Waals surface area contributed by atoms with Crippen LogP contribution in [0.4, 0.5) is 0 Å². The van der Waals surface area contributed by atoms with Gasteiger partial charge >= 0.3 is 0 Å². The van der Waals surface area contributed by atoms with Gasteiger partial charge in [-0.25, -0.2) is 8.42 Å². The van der Waals surface area contributed by atoms with Crippen molar-refractivity contribution in [1.82, 2.24) is 9.88 Å². The molecule has 0 radical (unpaired) electrons. The van der Waals surface area contributed by atoms with Gasteiger partial charge in [0.1, 0.15) is 9.84 Å². The number of carbonyl (C=O) groups excluding carboxylic acids is 1. The minimum Gasteiger partial charge on any atom is -0.340 e. The molecule has 0 unspecified atom stereocenters. The highest BCUT2D eigenvalue weighted by Crippen LogP contribution is 2.04. The molecule has 0 spiro atoms. The summed E-state index contributed by atoms with van der Waals surface area (Å²) in [4.78, 5) is 17.4. The fourth-order valence-corrected chi connectivity index (χ4v) is 2.27. The fourth-order valence-electron chi connectivity index (χ4n) is 1.59. The van der Waals surface area contributed by atoms with Crippen LogP contribution in [-0.2, 0) is 21.2 Å². The second-order valence-corrected chi connectivity index (χ2v) is 6.84. The van der Waals surface area contributed by atoms with Crippen molar-refractivity contribution in [1.29, 1.82) is 0 Å². The van der Waals surface area contributed by atoms with Gasteiger partial charge in [-0.05, 0) is 18.1 Å². The quantitative estimate of drug-likeness (QED) is 0.781. The third kappa shape index (κ3) is 5.80. The molecule has 1 aromatic heterocycles. The van der Waals surface area contributed by atoms with Crippen LogP contribution in [0.15, 0.2) is 24.5 Å². The molecule has 0 fully saturated rings. The molecule has 106 valence electrons.